The minimum Gasteiger partial charge on any atom is -0.491 e. The SMILES string of the molecule is CCOc1ccc(S(=O)(=O)N2CCC(n3nccn3)C2)cc1F. The third kappa shape index (κ3) is 3.06. The molecule has 0 amide bonds. The average Bonchev–Trinajstić information content (AvgIpc) is 3.20. The van der Waals surface area contributed by atoms with E-state index in [0.717, 1.165) is 6.07 Å². The first kappa shape index (κ1) is 15.9. The van der Waals surface area contributed by atoms with Gasteiger partial charge < -0.3 is 4.74 Å². The van der Waals surface area contributed by atoms with E-state index in [-0.39, 0.29) is 23.2 Å². The van der Waals surface area contributed by atoms with Crippen molar-refractivity contribution in [3.63, 3.8) is 0 Å². The van der Waals surface area contributed by atoms with Crippen molar-refractivity contribution in [3.8, 4) is 5.75 Å². The maximum atomic E-state index is 13.9. The van der Waals surface area contributed by atoms with E-state index < -0.39 is 15.8 Å². The molecule has 1 unspecified atom stereocenters. The Morgan fingerprint density at radius 2 is 2.09 bits per heavy atom. The lowest BCUT2D eigenvalue weighted by Crippen LogP contribution is -2.29. The maximum absolute atomic E-state index is 13.9. The van der Waals surface area contributed by atoms with E-state index in [9.17, 15) is 12.8 Å². The Morgan fingerprint density at radius 1 is 1.35 bits per heavy atom. The Bertz CT molecular complexity index is 779. The zero-order valence-corrected chi connectivity index (χ0v) is 13.4. The Labute approximate surface area is 133 Å². The van der Waals surface area contributed by atoms with Crippen molar-refractivity contribution in [2.24, 2.45) is 0 Å². The van der Waals surface area contributed by atoms with Crippen LogP contribution in [-0.2, 0) is 10.0 Å². The summed E-state index contributed by atoms with van der Waals surface area (Å²) in [5, 5.41) is 8.08. The molecule has 1 aliphatic rings. The molecular formula is C14H17FN4O3S. The van der Waals surface area contributed by atoms with Gasteiger partial charge in [0.2, 0.25) is 10.0 Å². The quantitative estimate of drug-likeness (QED) is 0.823. The molecule has 2 heterocycles. The second-order valence-corrected chi connectivity index (χ2v) is 7.12. The van der Waals surface area contributed by atoms with Crippen molar-refractivity contribution in [1.29, 1.82) is 0 Å². The number of halogens is 1. The summed E-state index contributed by atoms with van der Waals surface area (Å²) in [5.41, 5.74) is 0. The number of ether oxygens (including phenoxy) is 1. The van der Waals surface area contributed by atoms with Crippen molar-refractivity contribution in [1.82, 2.24) is 19.3 Å². The summed E-state index contributed by atoms with van der Waals surface area (Å²) in [7, 11) is -3.75. The Hall–Kier alpha value is -2.00. The van der Waals surface area contributed by atoms with E-state index >= 15 is 0 Å². The standard InChI is InChI=1S/C14H17FN4O3S/c1-2-22-14-4-3-12(9-13(14)15)23(20,21)18-8-5-11(10-18)19-16-6-7-17-19/h3-4,6-7,9,11H,2,5,8,10H2,1H3. The van der Waals surface area contributed by atoms with Gasteiger partial charge in [-0.05, 0) is 31.5 Å². The van der Waals surface area contributed by atoms with Gasteiger partial charge in [0.05, 0.1) is 29.9 Å². The van der Waals surface area contributed by atoms with Crippen molar-refractivity contribution >= 4 is 10.0 Å². The molecule has 1 aliphatic heterocycles. The third-order valence-corrected chi connectivity index (χ3v) is 5.59. The molecule has 0 bridgehead atoms. The largest absolute Gasteiger partial charge is 0.491 e. The van der Waals surface area contributed by atoms with Gasteiger partial charge in [0.25, 0.3) is 0 Å². The summed E-state index contributed by atoms with van der Waals surface area (Å²) in [4.78, 5) is 1.43. The molecule has 1 saturated heterocycles. The fourth-order valence-electron chi connectivity index (χ4n) is 2.60. The number of hydrogen-bond acceptors (Lipinski definition) is 5. The number of benzene rings is 1. The molecule has 0 aliphatic carbocycles. The summed E-state index contributed by atoms with van der Waals surface area (Å²) >= 11 is 0. The lowest BCUT2D eigenvalue weighted by molar-refractivity contribution is 0.321. The lowest BCUT2D eigenvalue weighted by atomic mass is 10.3. The number of sulfonamides is 1. The van der Waals surface area contributed by atoms with Crippen LogP contribution in [0.15, 0.2) is 35.5 Å². The van der Waals surface area contributed by atoms with E-state index in [1.54, 1.807) is 19.3 Å². The molecule has 124 valence electrons. The topological polar surface area (TPSA) is 77.3 Å². The van der Waals surface area contributed by atoms with Crippen molar-refractivity contribution < 1.29 is 17.5 Å². The third-order valence-electron chi connectivity index (χ3n) is 3.73. The monoisotopic (exact) mass is 340 g/mol. The maximum Gasteiger partial charge on any atom is 0.243 e. The molecule has 0 spiro atoms. The minimum atomic E-state index is -3.75. The number of aromatic nitrogens is 3. The van der Waals surface area contributed by atoms with Gasteiger partial charge in [-0.1, -0.05) is 0 Å². The van der Waals surface area contributed by atoms with Gasteiger partial charge in [-0.15, -0.1) is 0 Å². The molecule has 0 N–H and O–H groups in total. The van der Waals surface area contributed by atoms with Crippen LogP contribution in [0.25, 0.3) is 0 Å². The number of rotatable bonds is 5. The highest BCUT2D eigenvalue weighted by atomic mass is 32.2. The summed E-state index contributed by atoms with van der Waals surface area (Å²) < 4.78 is 45.6. The van der Waals surface area contributed by atoms with Crippen LogP contribution in [0, 0.1) is 5.82 Å². The second-order valence-electron chi connectivity index (χ2n) is 5.18. The van der Waals surface area contributed by atoms with Crippen molar-refractivity contribution in [2.75, 3.05) is 19.7 Å². The molecule has 2 aromatic rings. The van der Waals surface area contributed by atoms with Gasteiger partial charge in [-0.2, -0.15) is 19.3 Å². The summed E-state index contributed by atoms with van der Waals surface area (Å²) in [6.45, 7) is 2.67. The molecule has 0 saturated carbocycles. The molecule has 1 fully saturated rings. The summed E-state index contributed by atoms with van der Waals surface area (Å²) in [6, 6.07) is 3.60. The number of nitrogens with zero attached hydrogens (tertiary/aromatic N) is 4. The van der Waals surface area contributed by atoms with Crippen LogP contribution >= 0.6 is 0 Å². The van der Waals surface area contributed by atoms with Crippen molar-refractivity contribution in [2.45, 2.75) is 24.3 Å². The lowest BCUT2D eigenvalue weighted by Gasteiger charge is -2.17. The Morgan fingerprint density at radius 3 is 2.74 bits per heavy atom. The molecule has 0 radical (unpaired) electrons. The van der Waals surface area contributed by atoms with E-state index in [1.165, 1.54) is 21.2 Å². The minimum absolute atomic E-state index is 0.0477. The van der Waals surface area contributed by atoms with Crippen LogP contribution in [0.2, 0.25) is 0 Å². The van der Waals surface area contributed by atoms with E-state index in [0.29, 0.717) is 19.6 Å². The predicted molar refractivity (Wildman–Crippen MR) is 80.0 cm³/mol. The molecular weight excluding hydrogens is 323 g/mol. The van der Waals surface area contributed by atoms with Crippen LogP contribution in [0.3, 0.4) is 0 Å². The molecule has 1 aromatic carbocycles. The van der Waals surface area contributed by atoms with Crippen LogP contribution < -0.4 is 4.74 Å². The fourth-order valence-corrected chi connectivity index (χ4v) is 4.10. The molecule has 1 aromatic heterocycles. The zero-order valence-electron chi connectivity index (χ0n) is 12.6. The predicted octanol–water partition coefficient (Wildman–Crippen LogP) is 1.45. The van der Waals surface area contributed by atoms with E-state index in [2.05, 4.69) is 10.2 Å². The van der Waals surface area contributed by atoms with Gasteiger partial charge >= 0.3 is 0 Å². The smallest absolute Gasteiger partial charge is 0.243 e. The first-order chi connectivity index (χ1) is 11.0. The average molecular weight is 340 g/mol. The number of hydrogen-bond donors (Lipinski definition) is 0. The Balaban J connectivity index is 1.81. The van der Waals surface area contributed by atoms with Crippen molar-refractivity contribution in [3.05, 3.63) is 36.4 Å². The summed E-state index contributed by atoms with van der Waals surface area (Å²) in [5.74, 6) is -0.635. The molecule has 1 atom stereocenters. The first-order valence-electron chi connectivity index (χ1n) is 7.30. The second kappa shape index (κ2) is 6.25. The Kier molecular flexibility index (Phi) is 4.31. The normalized spacial score (nSPS) is 19.1. The van der Waals surface area contributed by atoms with Gasteiger partial charge in [-0.25, -0.2) is 12.8 Å². The van der Waals surface area contributed by atoms with Crippen LogP contribution in [0.1, 0.15) is 19.4 Å². The van der Waals surface area contributed by atoms with E-state index in [4.69, 9.17) is 4.74 Å². The molecule has 7 nitrogen and oxygen atoms in total. The highest BCUT2D eigenvalue weighted by Crippen LogP contribution is 2.28. The van der Waals surface area contributed by atoms with Gasteiger partial charge in [0.1, 0.15) is 0 Å². The van der Waals surface area contributed by atoms with E-state index in [1.807, 2.05) is 0 Å². The van der Waals surface area contributed by atoms with Crippen LogP contribution in [-0.4, -0.2) is 47.4 Å². The van der Waals surface area contributed by atoms with Gasteiger partial charge in [0, 0.05) is 13.1 Å². The molecule has 3 rings (SSSR count). The molecule has 9 heteroatoms. The van der Waals surface area contributed by atoms with Gasteiger partial charge in [0.15, 0.2) is 11.6 Å². The molecule has 23 heavy (non-hydrogen) atoms. The highest BCUT2D eigenvalue weighted by molar-refractivity contribution is 7.89. The highest BCUT2D eigenvalue weighted by Gasteiger charge is 2.34. The fraction of sp³-hybridized carbons (Fsp3) is 0.429. The first-order valence-corrected chi connectivity index (χ1v) is 8.74. The van der Waals surface area contributed by atoms with Gasteiger partial charge in [-0.3, -0.25) is 0 Å². The van der Waals surface area contributed by atoms with Crippen LogP contribution in [0.5, 0.6) is 5.75 Å². The summed E-state index contributed by atoms with van der Waals surface area (Å²) in [6.07, 6.45) is 3.73. The zero-order chi connectivity index (χ0) is 16.4. The van der Waals surface area contributed by atoms with Crippen LogP contribution in [0.4, 0.5) is 4.39 Å².